The van der Waals surface area contributed by atoms with Crippen LogP contribution in [0.1, 0.15) is 19.8 Å². The van der Waals surface area contributed by atoms with E-state index in [1.165, 1.54) is 0 Å². The first-order valence-electron chi connectivity index (χ1n) is 4.61. The summed E-state index contributed by atoms with van der Waals surface area (Å²) in [6.45, 7) is 1.90. The van der Waals surface area contributed by atoms with Gasteiger partial charge in [-0.25, -0.2) is 14.9 Å². The molecule has 0 aromatic heterocycles. The molecule has 1 heterocycles. The van der Waals surface area contributed by atoms with Gasteiger partial charge in [-0.15, -0.1) is 0 Å². The van der Waals surface area contributed by atoms with Gasteiger partial charge in [0.05, 0.1) is 6.61 Å². The fraction of sp³-hybridized carbons (Fsp3) is 0.750. The number of carbonyl (C=O) groups is 2. The van der Waals surface area contributed by atoms with Crippen LogP contribution in [0.5, 0.6) is 0 Å². The molecular weight excluding hydrogens is 206 g/mol. The summed E-state index contributed by atoms with van der Waals surface area (Å²) in [6, 6.07) is 0. The Morgan fingerprint density at radius 2 is 1.93 bits per heavy atom. The number of carbonyl (C=O) groups excluding carboxylic acids is 1. The minimum Gasteiger partial charge on any atom is -0.450 e. The van der Waals surface area contributed by atoms with Gasteiger partial charge in [0.25, 0.3) is 0 Å². The minimum atomic E-state index is -1.36. The van der Waals surface area contributed by atoms with Crippen molar-refractivity contribution < 1.29 is 28.9 Å². The first kappa shape index (κ1) is 11.6. The van der Waals surface area contributed by atoms with Crippen LogP contribution < -0.4 is 5.32 Å². The van der Waals surface area contributed by atoms with Gasteiger partial charge in [0, 0.05) is 12.8 Å². The Labute approximate surface area is 86.3 Å². The molecule has 1 rings (SSSR count). The molecule has 0 aromatic rings. The highest BCUT2D eigenvalue weighted by Crippen LogP contribution is 2.14. The van der Waals surface area contributed by atoms with E-state index in [0.29, 0.717) is 12.8 Å². The summed E-state index contributed by atoms with van der Waals surface area (Å²) in [5.74, 6) is 0. The van der Waals surface area contributed by atoms with Crippen LogP contribution in [0.15, 0.2) is 0 Å². The maximum atomic E-state index is 10.9. The second-order valence-electron chi connectivity index (χ2n) is 2.91. The Balaban J connectivity index is 2.24. The zero-order valence-electron chi connectivity index (χ0n) is 8.26. The van der Waals surface area contributed by atoms with Gasteiger partial charge < -0.3 is 19.3 Å². The summed E-state index contributed by atoms with van der Waals surface area (Å²) in [4.78, 5) is 21.1. The van der Waals surface area contributed by atoms with Crippen LogP contribution in [-0.4, -0.2) is 36.5 Å². The Morgan fingerprint density at radius 3 is 2.47 bits per heavy atom. The molecule has 0 saturated carbocycles. The fourth-order valence-corrected chi connectivity index (χ4v) is 1.25. The van der Waals surface area contributed by atoms with Crippen LogP contribution in [0.2, 0.25) is 0 Å². The van der Waals surface area contributed by atoms with E-state index in [0.717, 1.165) is 0 Å². The Hall–Kier alpha value is -1.50. The van der Waals surface area contributed by atoms with Crippen molar-refractivity contribution in [2.24, 2.45) is 0 Å². The van der Waals surface area contributed by atoms with Crippen molar-refractivity contribution in [3.63, 3.8) is 0 Å². The van der Waals surface area contributed by atoms with Gasteiger partial charge in [-0.2, -0.15) is 0 Å². The number of hydrogen-bond acceptors (Lipinski definition) is 6. The van der Waals surface area contributed by atoms with Gasteiger partial charge in [0.15, 0.2) is 12.5 Å². The average Bonchev–Trinajstić information content (AvgIpc) is 2.51. The van der Waals surface area contributed by atoms with Gasteiger partial charge in [0.2, 0.25) is 0 Å². The van der Waals surface area contributed by atoms with Crippen LogP contribution in [0, 0.1) is 0 Å². The van der Waals surface area contributed by atoms with Gasteiger partial charge in [0.1, 0.15) is 0 Å². The molecule has 0 aliphatic carbocycles. The van der Waals surface area contributed by atoms with Crippen molar-refractivity contribution in [1.82, 2.24) is 5.32 Å². The third kappa shape index (κ3) is 4.03. The summed E-state index contributed by atoms with van der Waals surface area (Å²) in [6.07, 6.45) is -2.33. The van der Waals surface area contributed by atoms with Crippen LogP contribution in [0.4, 0.5) is 9.59 Å². The first-order chi connectivity index (χ1) is 7.11. The average molecular weight is 219 g/mol. The monoisotopic (exact) mass is 219 g/mol. The summed E-state index contributed by atoms with van der Waals surface area (Å²) in [7, 11) is 0. The molecule has 1 saturated heterocycles. The van der Waals surface area contributed by atoms with Gasteiger partial charge in [-0.3, -0.25) is 0 Å². The van der Waals surface area contributed by atoms with Crippen molar-refractivity contribution in [2.45, 2.75) is 32.2 Å². The predicted octanol–water partition coefficient (Wildman–Crippen LogP) is 0.890. The molecule has 0 amide bonds. The van der Waals surface area contributed by atoms with E-state index in [4.69, 9.17) is 9.84 Å². The standard InChI is InChI=1S/C8H13NO6/c1-2-13-8(12)15-6-4-3-5(9-6)14-7(10)11/h5-6,9H,2-4H2,1H3,(H,10,11). The van der Waals surface area contributed by atoms with E-state index in [1.54, 1.807) is 6.92 Å². The lowest BCUT2D eigenvalue weighted by molar-refractivity contribution is 0.00222. The van der Waals surface area contributed by atoms with Gasteiger partial charge in [-0.05, 0) is 6.92 Å². The fourth-order valence-electron chi connectivity index (χ4n) is 1.25. The van der Waals surface area contributed by atoms with E-state index >= 15 is 0 Å². The third-order valence-corrected chi connectivity index (χ3v) is 1.81. The Morgan fingerprint density at radius 1 is 1.33 bits per heavy atom. The smallest absolute Gasteiger partial charge is 0.450 e. The molecule has 2 atom stereocenters. The molecule has 1 aliphatic heterocycles. The Kier molecular flexibility index (Phi) is 4.17. The third-order valence-electron chi connectivity index (χ3n) is 1.81. The van der Waals surface area contributed by atoms with Crippen LogP contribution in [0.3, 0.4) is 0 Å². The molecule has 7 heteroatoms. The molecule has 7 nitrogen and oxygen atoms in total. The highest BCUT2D eigenvalue weighted by atomic mass is 16.7. The summed E-state index contributed by atoms with van der Waals surface area (Å²) < 4.78 is 13.8. The van der Waals surface area contributed by atoms with Crippen molar-refractivity contribution in [3.05, 3.63) is 0 Å². The first-order valence-corrected chi connectivity index (χ1v) is 4.61. The quantitative estimate of drug-likeness (QED) is 0.680. The highest BCUT2D eigenvalue weighted by Gasteiger charge is 2.29. The SMILES string of the molecule is CCOC(=O)OC1CCC(OC(=O)O)N1. The molecule has 1 aliphatic rings. The highest BCUT2D eigenvalue weighted by molar-refractivity contribution is 5.60. The summed E-state index contributed by atoms with van der Waals surface area (Å²) in [5.41, 5.74) is 0. The van der Waals surface area contributed by atoms with Gasteiger partial charge in [-0.1, -0.05) is 0 Å². The van der Waals surface area contributed by atoms with Crippen LogP contribution in [-0.2, 0) is 14.2 Å². The number of rotatable bonds is 3. The maximum Gasteiger partial charge on any atom is 0.509 e. The van der Waals surface area contributed by atoms with Crippen molar-refractivity contribution in [3.8, 4) is 0 Å². The van der Waals surface area contributed by atoms with E-state index in [9.17, 15) is 9.59 Å². The number of ether oxygens (including phenoxy) is 3. The number of carboxylic acid groups (broad SMARTS) is 1. The van der Waals surface area contributed by atoms with Crippen LogP contribution >= 0.6 is 0 Å². The molecule has 1 fully saturated rings. The second kappa shape index (κ2) is 5.40. The lowest BCUT2D eigenvalue weighted by Crippen LogP contribution is -2.35. The molecule has 2 N–H and O–H groups in total. The lowest BCUT2D eigenvalue weighted by atomic mass is 10.3. The van der Waals surface area contributed by atoms with E-state index in [-0.39, 0.29) is 6.61 Å². The molecule has 2 unspecified atom stereocenters. The largest absolute Gasteiger partial charge is 0.509 e. The zero-order valence-corrected chi connectivity index (χ0v) is 8.26. The molecule has 0 radical (unpaired) electrons. The topological polar surface area (TPSA) is 94.1 Å². The minimum absolute atomic E-state index is 0.237. The van der Waals surface area contributed by atoms with E-state index < -0.39 is 24.8 Å². The van der Waals surface area contributed by atoms with Crippen molar-refractivity contribution >= 4 is 12.3 Å². The van der Waals surface area contributed by atoms with Crippen molar-refractivity contribution in [1.29, 1.82) is 0 Å². The maximum absolute atomic E-state index is 10.9. The number of nitrogens with one attached hydrogen (secondary N) is 1. The second-order valence-corrected chi connectivity index (χ2v) is 2.91. The molecule has 0 aromatic carbocycles. The normalized spacial score (nSPS) is 24.6. The van der Waals surface area contributed by atoms with E-state index in [1.807, 2.05) is 0 Å². The van der Waals surface area contributed by atoms with Crippen LogP contribution in [0.25, 0.3) is 0 Å². The summed E-state index contributed by atoms with van der Waals surface area (Å²) in [5, 5.41) is 11.0. The molecule has 0 spiro atoms. The van der Waals surface area contributed by atoms with E-state index in [2.05, 4.69) is 14.8 Å². The molecule has 0 bridgehead atoms. The van der Waals surface area contributed by atoms with Crippen molar-refractivity contribution in [2.75, 3.05) is 6.61 Å². The number of hydrogen-bond donors (Lipinski definition) is 2. The zero-order chi connectivity index (χ0) is 11.3. The molecule has 86 valence electrons. The summed E-state index contributed by atoms with van der Waals surface area (Å²) >= 11 is 0. The Bertz CT molecular complexity index is 243. The molecule has 15 heavy (non-hydrogen) atoms. The van der Waals surface area contributed by atoms with Gasteiger partial charge >= 0.3 is 12.3 Å². The predicted molar refractivity (Wildman–Crippen MR) is 47.2 cm³/mol. The lowest BCUT2D eigenvalue weighted by Gasteiger charge is -2.13. The molecular formula is C8H13NO6.